The van der Waals surface area contributed by atoms with Crippen LogP contribution in [0.15, 0.2) is 68.0 Å². The van der Waals surface area contributed by atoms with E-state index in [0.29, 0.717) is 44.7 Å². The van der Waals surface area contributed by atoms with Gasteiger partial charge in [-0.2, -0.15) is 16.8 Å². The molecule has 0 saturated heterocycles. The highest BCUT2D eigenvalue weighted by molar-refractivity contribution is 7.86. The maximum Gasteiger partial charge on any atom is 0.336 e. The molecule has 0 bridgehead atoms. The van der Waals surface area contributed by atoms with Crippen molar-refractivity contribution in [3.8, 4) is 22.5 Å². The van der Waals surface area contributed by atoms with E-state index in [1.165, 1.54) is 24.3 Å². The number of aryl methyl sites for hydroxylation is 1. The molecule has 52 heavy (non-hydrogen) atoms. The van der Waals surface area contributed by atoms with Crippen molar-refractivity contribution in [2.24, 2.45) is 5.11 Å². The fourth-order valence-electron chi connectivity index (χ4n) is 5.49. The summed E-state index contributed by atoms with van der Waals surface area (Å²) >= 11 is 0. The molecule has 0 unspecified atom stereocenters. The van der Waals surface area contributed by atoms with Crippen LogP contribution in [0, 0.1) is 5.41 Å². The summed E-state index contributed by atoms with van der Waals surface area (Å²) in [6.45, 7) is 2.06. The monoisotopic (exact) mass is 754 g/mol. The van der Waals surface area contributed by atoms with E-state index in [1.807, 2.05) is 0 Å². The van der Waals surface area contributed by atoms with Crippen LogP contribution in [0.3, 0.4) is 0 Å². The number of nitrogens with one attached hydrogen (secondary N) is 3. The van der Waals surface area contributed by atoms with Crippen LogP contribution in [-0.4, -0.2) is 77.6 Å². The predicted octanol–water partition coefficient (Wildman–Crippen LogP) is 2.66. The summed E-state index contributed by atoms with van der Waals surface area (Å²) < 4.78 is 76.8. The first-order valence-electron chi connectivity index (χ1n) is 15.2. The first-order valence-corrected chi connectivity index (χ1v) is 18.1. The number of azide groups is 1. The van der Waals surface area contributed by atoms with Gasteiger partial charge in [0.15, 0.2) is 21.1 Å². The van der Waals surface area contributed by atoms with Gasteiger partial charge in [0.25, 0.3) is 26.1 Å². The number of rotatable bonds is 15. The quantitative estimate of drug-likeness (QED) is 0.0154. The van der Waals surface area contributed by atoms with Gasteiger partial charge in [-0.3, -0.25) is 24.0 Å². The molecule has 22 heteroatoms. The number of aromatic nitrogens is 3. The van der Waals surface area contributed by atoms with Gasteiger partial charge in [-0.1, -0.05) is 16.4 Å². The Morgan fingerprint density at radius 1 is 1.02 bits per heavy atom. The van der Waals surface area contributed by atoms with E-state index in [-0.39, 0.29) is 34.2 Å². The van der Waals surface area contributed by atoms with Crippen molar-refractivity contribution in [1.29, 1.82) is 5.41 Å². The number of nitrogens with zero attached hydrogens (tertiary/aromatic N) is 6. The van der Waals surface area contributed by atoms with E-state index in [0.717, 1.165) is 18.2 Å². The Labute approximate surface area is 294 Å². The third-order valence-corrected chi connectivity index (χ3v) is 9.57. The molecule has 0 spiro atoms. The van der Waals surface area contributed by atoms with Crippen molar-refractivity contribution in [2.75, 3.05) is 25.4 Å². The van der Waals surface area contributed by atoms with Gasteiger partial charge >= 0.3 is 5.97 Å². The van der Waals surface area contributed by atoms with Crippen LogP contribution in [-0.2, 0) is 33.3 Å². The fraction of sp³-hybridized carbons (Fsp3) is 0.233. The molecular weight excluding hydrogens is 725 g/mol. The second-order valence-electron chi connectivity index (χ2n) is 11.2. The Hall–Kier alpha value is -5.90. The second kappa shape index (κ2) is 15.1. The van der Waals surface area contributed by atoms with Crippen molar-refractivity contribution in [2.45, 2.75) is 35.7 Å². The number of fused-ring (bicyclic) bond motifs is 2. The zero-order valence-electron chi connectivity index (χ0n) is 26.8. The Morgan fingerprint density at radius 2 is 1.75 bits per heavy atom. The van der Waals surface area contributed by atoms with E-state index in [9.17, 15) is 40.6 Å². The molecule has 272 valence electrons. The summed E-state index contributed by atoms with van der Waals surface area (Å²) in [4.78, 5) is 26.4. The second-order valence-corrected chi connectivity index (χ2v) is 14.0. The first-order chi connectivity index (χ1) is 24.6. The number of nitrogen functional groups attached to an aromatic ring is 1. The van der Waals surface area contributed by atoms with Crippen molar-refractivity contribution in [1.82, 2.24) is 25.6 Å². The number of hydrogen-bond donors (Lipinski definition) is 7. The summed E-state index contributed by atoms with van der Waals surface area (Å²) in [5, 5.41) is 34.9. The summed E-state index contributed by atoms with van der Waals surface area (Å²) in [6.07, 6.45) is 2.85. The van der Waals surface area contributed by atoms with Gasteiger partial charge in [0.1, 0.15) is 0 Å². The Morgan fingerprint density at radius 3 is 2.44 bits per heavy atom. The van der Waals surface area contributed by atoms with Gasteiger partial charge in [0.05, 0.1) is 22.3 Å². The van der Waals surface area contributed by atoms with Gasteiger partial charge in [-0.15, -0.1) is 5.10 Å². The molecule has 1 aliphatic carbocycles. The molecule has 0 atom stereocenters. The summed E-state index contributed by atoms with van der Waals surface area (Å²) in [7, 11) is -10.3. The lowest BCUT2D eigenvalue weighted by Gasteiger charge is -2.20. The topological polar surface area (TPSA) is 330 Å². The average molecular weight is 755 g/mol. The summed E-state index contributed by atoms with van der Waals surface area (Å²) in [6, 6.07) is 8.20. The molecule has 2 aliphatic rings. The smallest absolute Gasteiger partial charge is 0.336 e. The number of amides is 1. The van der Waals surface area contributed by atoms with Gasteiger partial charge in [0, 0.05) is 59.4 Å². The van der Waals surface area contributed by atoms with Crippen LogP contribution >= 0.6 is 0 Å². The Balaban J connectivity index is 1.44. The average Bonchev–Trinajstić information content (AvgIpc) is 3.53. The molecule has 1 amide bonds. The number of carboxylic acid groups (broad SMARTS) is 1. The van der Waals surface area contributed by atoms with Crippen LogP contribution in [0.25, 0.3) is 43.9 Å². The summed E-state index contributed by atoms with van der Waals surface area (Å²) in [5.74, 6) is -2.86. The highest BCUT2D eigenvalue weighted by atomic mass is 32.2. The fourth-order valence-corrected chi connectivity index (χ4v) is 6.97. The van der Waals surface area contributed by atoms with Crippen molar-refractivity contribution < 1.29 is 45.1 Å². The van der Waals surface area contributed by atoms with E-state index in [2.05, 4.69) is 31.0 Å². The van der Waals surface area contributed by atoms with Crippen molar-refractivity contribution in [3.63, 3.8) is 0 Å². The zero-order chi connectivity index (χ0) is 37.8. The Kier molecular flexibility index (Phi) is 10.9. The molecule has 2 aromatic carbocycles. The van der Waals surface area contributed by atoms with Gasteiger partial charge in [-0.25, -0.2) is 4.79 Å². The van der Waals surface area contributed by atoms with Gasteiger partial charge in [0.2, 0.25) is 0 Å². The number of carboxylic acids is 1. The Bertz CT molecular complexity index is 2510. The van der Waals surface area contributed by atoms with Crippen LogP contribution in [0.1, 0.15) is 39.3 Å². The molecule has 3 aromatic rings. The molecule has 0 fully saturated rings. The minimum Gasteiger partial charge on any atom is -0.478 e. The first kappa shape index (κ1) is 37.4. The van der Waals surface area contributed by atoms with Crippen LogP contribution in [0.2, 0.25) is 0 Å². The normalized spacial score (nSPS) is 11.8. The van der Waals surface area contributed by atoms with Crippen LogP contribution in [0.4, 0.5) is 5.69 Å². The van der Waals surface area contributed by atoms with Crippen LogP contribution < -0.4 is 21.7 Å². The van der Waals surface area contributed by atoms with Gasteiger partial charge in [-0.05, 0) is 66.9 Å². The molecule has 0 radical (unpaired) electrons. The number of benzene rings is 3. The molecule has 2 heterocycles. The lowest BCUT2D eigenvalue weighted by molar-refractivity contribution is 0.0697. The number of hydrogen-bond acceptors (Lipinski definition) is 13. The predicted molar refractivity (Wildman–Crippen MR) is 182 cm³/mol. The third-order valence-electron chi connectivity index (χ3n) is 7.71. The maximum atomic E-state index is 13.1. The van der Waals surface area contributed by atoms with E-state index >= 15 is 0 Å². The largest absolute Gasteiger partial charge is 0.478 e. The lowest BCUT2D eigenvalue weighted by Crippen LogP contribution is -2.25. The number of nitrogens with two attached hydrogens (primary N) is 1. The van der Waals surface area contributed by atoms with Crippen LogP contribution in [0.5, 0.6) is 0 Å². The molecule has 0 saturated carbocycles. The van der Waals surface area contributed by atoms with Crippen molar-refractivity contribution >= 4 is 48.8 Å². The minimum atomic E-state index is -5.18. The number of anilines is 1. The number of aromatic carboxylic acids is 1. The SMILES string of the molecule is [N-]=[N+]=NCCCNCc1cn(CCCNC(=O)c2ccc(-c3c4ccc(=N)c(S(=O)(=O)O)c-4oc4c(S(=O)(=O)O)c(N)ccc34)c(C(=O)O)c2)nn1. The van der Waals surface area contributed by atoms with Crippen molar-refractivity contribution in [3.05, 3.63) is 81.3 Å². The highest BCUT2D eigenvalue weighted by Gasteiger charge is 2.32. The zero-order valence-corrected chi connectivity index (χ0v) is 28.5. The van der Waals surface area contributed by atoms with E-state index in [4.69, 9.17) is 21.1 Å². The maximum absolute atomic E-state index is 13.1. The molecule has 5 rings (SSSR count). The molecule has 8 N–H and O–H groups in total. The third kappa shape index (κ3) is 8.01. The molecule has 1 aliphatic heterocycles. The number of carbonyl (C=O) groups is 2. The van der Waals surface area contributed by atoms with Gasteiger partial charge < -0.3 is 25.9 Å². The summed E-state index contributed by atoms with van der Waals surface area (Å²) in [5.41, 5.74) is 12.7. The molecule has 20 nitrogen and oxygen atoms in total. The highest BCUT2D eigenvalue weighted by Crippen LogP contribution is 2.45. The number of carbonyl (C=O) groups excluding carboxylic acids is 1. The molecule has 1 aromatic heterocycles. The minimum absolute atomic E-state index is 0.0557. The lowest BCUT2D eigenvalue weighted by atomic mass is 9.89. The molecular formula is C30H30N10O10S2. The standard InChI is InChI=1S/C30H30N10O10S2/c31-22-7-5-19-24(20-6-8-23(32)28(52(47,48)49)26(20)50-25(19)27(22)51(44,45)46)18-4-3-16(13-21(18)30(42)43)29(41)35-10-2-12-40-15-17(37-39-40)14-34-9-1-11-36-38-33/h3-8,13,15,31,34H,1-2,9-12,14,32H2,(H,35,41)(H,42,43)(H,44,45,46)(H,47,48,49). The van der Waals surface area contributed by atoms with E-state index < -0.39 is 69.9 Å². The van der Waals surface area contributed by atoms with E-state index in [1.54, 1.807) is 10.9 Å².